The molecule has 1 N–H and O–H groups in total. The summed E-state index contributed by atoms with van der Waals surface area (Å²) in [4.78, 5) is 0. The van der Waals surface area contributed by atoms with Crippen molar-refractivity contribution in [2.24, 2.45) is 5.92 Å². The zero-order valence-electron chi connectivity index (χ0n) is 10.6. The lowest BCUT2D eigenvalue weighted by Crippen LogP contribution is -2.27. The van der Waals surface area contributed by atoms with Gasteiger partial charge >= 0.3 is 0 Å². The van der Waals surface area contributed by atoms with E-state index >= 15 is 0 Å². The van der Waals surface area contributed by atoms with Gasteiger partial charge < -0.3 is 5.32 Å². The molecular formula is C15H22ClN. The van der Waals surface area contributed by atoms with Gasteiger partial charge in [0, 0.05) is 11.1 Å². The number of hydrogen-bond acceptors (Lipinski definition) is 1. The Morgan fingerprint density at radius 2 is 2.06 bits per heavy atom. The van der Waals surface area contributed by atoms with Gasteiger partial charge in [-0.15, -0.1) is 0 Å². The molecule has 0 aliphatic heterocycles. The van der Waals surface area contributed by atoms with Gasteiger partial charge in [-0.2, -0.15) is 0 Å². The first kappa shape index (κ1) is 12.9. The fourth-order valence-corrected chi connectivity index (χ4v) is 2.83. The van der Waals surface area contributed by atoms with Crippen LogP contribution in [0.1, 0.15) is 50.6 Å². The highest BCUT2D eigenvalue weighted by Gasteiger charge is 2.14. The Hall–Kier alpha value is -0.530. The Kier molecular flexibility index (Phi) is 4.87. The van der Waals surface area contributed by atoms with Crippen molar-refractivity contribution in [3.8, 4) is 0 Å². The molecule has 0 radical (unpaired) electrons. The monoisotopic (exact) mass is 251 g/mol. The normalized spacial score (nSPS) is 19.2. The largest absolute Gasteiger partial charge is 0.310 e. The van der Waals surface area contributed by atoms with Crippen LogP contribution in [0.4, 0.5) is 0 Å². The highest BCUT2D eigenvalue weighted by Crippen LogP contribution is 2.24. The summed E-state index contributed by atoms with van der Waals surface area (Å²) in [5, 5.41) is 4.46. The summed E-state index contributed by atoms with van der Waals surface area (Å²) in [6.45, 7) is 3.36. The van der Waals surface area contributed by atoms with Crippen molar-refractivity contribution in [3.63, 3.8) is 0 Å². The van der Waals surface area contributed by atoms with Gasteiger partial charge in [-0.25, -0.2) is 0 Å². The number of nitrogens with one attached hydrogen (secondary N) is 1. The Balaban J connectivity index is 1.82. The van der Waals surface area contributed by atoms with Crippen molar-refractivity contribution in [1.82, 2.24) is 5.32 Å². The third-order valence-corrected chi connectivity index (χ3v) is 4.02. The Labute approximate surface area is 110 Å². The predicted molar refractivity (Wildman–Crippen MR) is 74.4 cm³/mol. The zero-order chi connectivity index (χ0) is 12.1. The second kappa shape index (κ2) is 6.42. The molecule has 2 rings (SSSR count). The van der Waals surface area contributed by atoms with Gasteiger partial charge in [-0.05, 0) is 49.9 Å². The van der Waals surface area contributed by atoms with Gasteiger partial charge in [0.1, 0.15) is 0 Å². The van der Waals surface area contributed by atoms with Gasteiger partial charge in [0.25, 0.3) is 0 Å². The van der Waals surface area contributed by atoms with Gasteiger partial charge in [0.2, 0.25) is 0 Å². The van der Waals surface area contributed by atoms with Gasteiger partial charge in [-0.3, -0.25) is 0 Å². The molecule has 0 aromatic heterocycles. The van der Waals surface area contributed by atoms with E-state index in [9.17, 15) is 0 Å². The van der Waals surface area contributed by atoms with Crippen LogP contribution in [0.5, 0.6) is 0 Å². The minimum Gasteiger partial charge on any atom is -0.310 e. The van der Waals surface area contributed by atoms with E-state index in [0.717, 1.165) is 17.5 Å². The topological polar surface area (TPSA) is 12.0 Å². The quantitative estimate of drug-likeness (QED) is 0.827. The number of benzene rings is 1. The number of halogens is 1. The summed E-state index contributed by atoms with van der Waals surface area (Å²) in [5.74, 6) is 0.880. The first-order valence-corrected chi connectivity index (χ1v) is 7.12. The van der Waals surface area contributed by atoms with Crippen molar-refractivity contribution in [3.05, 3.63) is 34.9 Å². The molecule has 0 bridgehead atoms. The van der Waals surface area contributed by atoms with E-state index in [4.69, 9.17) is 11.6 Å². The summed E-state index contributed by atoms with van der Waals surface area (Å²) in [7, 11) is 0. The average Bonchev–Trinajstić information content (AvgIpc) is 2.37. The molecule has 1 aliphatic carbocycles. The van der Waals surface area contributed by atoms with Crippen molar-refractivity contribution >= 4 is 11.6 Å². The van der Waals surface area contributed by atoms with Crippen LogP contribution in [-0.4, -0.2) is 6.54 Å². The maximum Gasteiger partial charge on any atom is 0.0409 e. The standard InChI is InChI=1S/C15H22ClN/c1-12(14-8-5-9-15(16)10-14)17-11-13-6-3-2-4-7-13/h5,8-10,12-13,17H,2-4,6-7,11H2,1H3. The molecule has 1 aromatic rings. The van der Waals surface area contributed by atoms with Crippen LogP contribution in [0, 0.1) is 5.92 Å². The lowest BCUT2D eigenvalue weighted by molar-refractivity contribution is 0.331. The van der Waals surface area contributed by atoms with E-state index in [2.05, 4.69) is 24.4 Å². The summed E-state index contributed by atoms with van der Waals surface area (Å²) >= 11 is 6.01. The van der Waals surface area contributed by atoms with Gasteiger partial charge in [-0.1, -0.05) is 43.0 Å². The SMILES string of the molecule is CC(NCC1CCCCC1)c1cccc(Cl)c1. The average molecular weight is 252 g/mol. The molecule has 1 unspecified atom stereocenters. The van der Waals surface area contributed by atoms with Crippen LogP contribution >= 0.6 is 11.6 Å². The van der Waals surface area contributed by atoms with Crippen LogP contribution in [-0.2, 0) is 0 Å². The van der Waals surface area contributed by atoms with E-state index in [0.29, 0.717) is 6.04 Å². The smallest absolute Gasteiger partial charge is 0.0409 e. The molecule has 1 nitrogen and oxygen atoms in total. The third kappa shape index (κ3) is 4.01. The molecule has 1 fully saturated rings. The lowest BCUT2D eigenvalue weighted by atomic mass is 9.89. The van der Waals surface area contributed by atoms with E-state index in [-0.39, 0.29) is 0 Å². The fourth-order valence-electron chi connectivity index (χ4n) is 2.63. The van der Waals surface area contributed by atoms with Crippen LogP contribution in [0.15, 0.2) is 24.3 Å². The molecular weight excluding hydrogens is 230 g/mol. The van der Waals surface area contributed by atoms with Gasteiger partial charge in [0.15, 0.2) is 0 Å². The van der Waals surface area contributed by atoms with Gasteiger partial charge in [0.05, 0.1) is 0 Å². The summed E-state index contributed by atoms with van der Waals surface area (Å²) in [5.41, 5.74) is 1.29. The first-order valence-electron chi connectivity index (χ1n) is 6.74. The van der Waals surface area contributed by atoms with Crippen LogP contribution < -0.4 is 5.32 Å². The van der Waals surface area contributed by atoms with E-state index < -0.39 is 0 Å². The highest BCUT2D eigenvalue weighted by molar-refractivity contribution is 6.30. The molecule has 0 heterocycles. The molecule has 2 heteroatoms. The minimum atomic E-state index is 0.399. The Morgan fingerprint density at radius 3 is 2.76 bits per heavy atom. The summed E-state index contributed by atoms with van der Waals surface area (Å²) in [6, 6.07) is 8.55. The van der Waals surface area contributed by atoms with Crippen molar-refractivity contribution < 1.29 is 0 Å². The number of hydrogen-bond donors (Lipinski definition) is 1. The molecule has 1 aliphatic rings. The highest BCUT2D eigenvalue weighted by atomic mass is 35.5. The summed E-state index contributed by atoms with van der Waals surface area (Å²) < 4.78 is 0. The Bertz CT molecular complexity index is 345. The molecule has 0 spiro atoms. The molecule has 94 valence electrons. The van der Waals surface area contributed by atoms with E-state index in [1.54, 1.807) is 0 Å². The number of rotatable bonds is 4. The van der Waals surface area contributed by atoms with Crippen LogP contribution in [0.3, 0.4) is 0 Å². The second-order valence-electron chi connectivity index (χ2n) is 5.19. The van der Waals surface area contributed by atoms with Crippen molar-refractivity contribution in [2.45, 2.75) is 45.1 Å². The third-order valence-electron chi connectivity index (χ3n) is 3.79. The molecule has 0 saturated heterocycles. The Morgan fingerprint density at radius 1 is 1.29 bits per heavy atom. The van der Waals surface area contributed by atoms with Crippen molar-refractivity contribution in [2.75, 3.05) is 6.54 Å². The molecule has 1 atom stereocenters. The summed E-state index contributed by atoms with van der Waals surface area (Å²) in [6.07, 6.45) is 7.06. The van der Waals surface area contributed by atoms with Crippen molar-refractivity contribution in [1.29, 1.82) is 0 Å². The minimum absolute atomic E-state index is 0.399. The van der Waals surface area contributed by atoms with Crippen LogP contribution in [0.25, 0.3) is 0 Å². The maximum absolute atomic E-state index is 6.01. The first-order chi connectivity index (χ1) is 8.25. The van der Waals surface area contributed by atoms with E-state index in [1.165, 1.54) is 37.7 Å². The molecule has 0 amide bonds. The van der Waals surface area contributed by atoms with E-state index in [1.807, 2.05) is 12.1 Å². The van der Waals surface area contributed by atoms with Crippen LogP contribution in [0.2, 0.25) is 5.02 Å². The second-order valence-corrected chi connectivity index (χ2v) is 5.63. The molecule has 17 heavy (non-hydrogen) atoms. The zero-order valence-corrected chi connectivity index (χ0v) is 11.3. The maximum atomic E-state index is 6.01. The fraction of sp³-hybridized carbons (Fsp3) is 0.600. The lowest BCUT2D eigenvalue weighted by Gasteiger charge is -2.24. The predicted octanol–water partition coefficient (Wildman–Crippen LogP) is 4.57. The molecule has 1 aromatic carbocycles. The molecule has 1 saturated carbocycles.